The molecule has 0 spiro atoms. The number of piperidine rings is 1. The third kappa shape index (κ3) is 4.32. The summed E-state index contributed by atoms with van der Waals surface area (Å²) in [5.74, 6) is -0.184. The van der Waals surface area contributed by atoms with Crippen LogP contribution in [0.1, 0.15) is 31.7 Å². The SMILES string of the molecule is CCOC(=O)CC1(N)CCCN(Cc2ccccc2)C1. The number of nitrogens with zero attached hydrogens (tertiary/aromatic N) is 1. The molecule has 4 nitrogen and oxygen atoms in total. The third-order valence-corrected chi connectivity index (χ3v) is 3.74. The van der Waals surface area contributed by atoms with Gasteiger partial charge >= 0.3 is 5.97 Å². The number of likely N-dealkylation sites (tertiary alicyclic amines) is 1. The molecular weight excluding hydrogens is 252 g/mol. The van der Waals surface area contributed by atoms with Crippen LogP contribution in [0.2, 0.25) is 0 Å². The molecule has 2 rings (SSSR count). The van der Waals surface area contributed by atoms with Gasteiger partial charge in [-0.1, -0.05) is 30.3 Å². The second-order valence-corrected chi connectivity index (χ2v) is 5.64. The maximum Gasteiger partial charge on any atom is 0.307 e. The van der Waals surface area contributed by atoms with Crippen molar-refractivity contribution in [3.8, 4) is 0 Å². The van der Waals surface area contributed by atoms with Crippen molar-refractivity contribution in [1.29, 1.82) is 0 Å². The molecule has 1 atom stereocenters. The van der Waals surface area contributed by atoms with E-state index in [0.29, 0.717) is 13.0 Å². The Kier molecular flexibility index (Phi) is 5.15. The van der Waals surface area contributed by atoms with E-state index in [2.05, 4.69) is 17.0 Å². The van der Waals surface area contributed by atoms with Crippen molar-refractivity contribution < 1.29 is 9.53 Å². The van der Waals surface area contributed by atoms with E-state index in [-0.39, 0.29) is 5.97 Å². The van der Waals surface area contributed by atoms with Crippen LogP contribution in [0.5, 0.6) is 0 Å². The minimum absolute atomic E-state index is 0.184. The average molecular weight is 276 g/mol. The van der Waals surface area contributed by atoms with Crippen LogP contribution in [0.4, 0.5) is 0 Å². The average Bonchev–Trinajstić information content (AvgIpc) is 2.39. The number of carbonyl (C=O) groups excluding carboxylic acids is 1. The zero-order chi connectivity index (χ0) is 14.4. The molecule has 1 saturated heterocycles. The number of hydrogen-bond donors (Lipinski definition) is 1. The summed E-state index contributed by atoms with van der Waals surface area (Å²) in [4.78, 5) is 14.0. The van der Waals surface area contributed by atoms with E-state index >= 15 is 0 Å². The zero-order valence-corrected chi connectivity index (χ0v) is 12.2. The monoisotopic (exact) mass is 276 g/mol. The molecule has 1 heterocycles. The standard InChI is InChI=1S/C16H24N2O2/c1-2-20-15(19)11-16(17)9-6-10-18(13-16)12-14-7-4-3-5-8-14/h3-5,7-8H,2,6,9-13,17H2,1H3. The van der Waals surface area contributed by atoms with Gasteiger partial charge in [-0.05, 0) is 31.9 Å². The highest BCUT2D eigenvalue weighted by Crippen LogP contribution is 2.24. The first kappa shape index (κ1) is 15.0. The van der Waals surface area contributed by atoms with Gasteiger partial charge in [-0.2, -0.15) is 0 Å². The number of rotatable bonds is 5. The van der Waals surface area contributed by atoms with Crippen LogP contribution in [-0.2, 0) is 16.1 Å². The van der Waals surface area contributed by atoms with Gasteiger partial charge in [0.1, 0.15) is 0 Å². The summed E-state index contributed by atoms with van der Waals surface area (Å²) in [6.45, 7) is 4.92. The molecular formula is C16H24N2O2. The second-order valence-electron chi connectivity index (χ2n) is 5.64. The lowest BCUT2D eigenvalue weighted by molar-refractivity contribution is -0.145. The molecule has 20 heavy (non-hydrogen) atoms. The molecule has 0 aliphatic carbocycles. The third-order valence-electron chi connectivity index (χ3n) is 3.74. The Morgan fingerprint density at radius 1 is 1.40 bits per heavy atom. The van der Waals surface area contributed by atoms with Crippen molar-refractivity contribution in [2.75, 3.05) is 19.7 Å². The second kappa shape index (κ2) is 6.86. The lowest BCUT2D eigenvalue weighted by atomic mass is 9.86. The Balaban J connectivity index is 1.92. The molecule has 1 aliphatic rings. The quantitative estimate of drug-likeness (QED) is 0.835. The summed E-state index contributed by atoms with van der Waals surface area (Å²) in [5.41, 5.74) is 7.23. The Bertz CT molecular complexity index is 435. The van der Waals surface area contributed by atoms with E-state index in [1.807, 2.05) is 25.1 Å². The maximum absolute atomic E-state index is 11.7. The molecule has 4 heteroatoms. The number of ether oxygens (including phenoxy) is 1. The fourth-order valence-electron chi connectivity index (χ4n) is 2.88. The molecule has 0 amide bonds. The summed E-state index contributed by atoms with van der Waals surface area (Å²) in [7, 11) is 0. The first-order chi connectivity index (χ1) is 9.61. The van der Waals surface area contributed by atoms with Crippen LogP contribution in [0.25, 0.3) is 0 Å². The molecule has 0 radical (unpaired) electrons. The number of hydrogen-bond acceptors (Lipinski definition) is 4. The van der Waals surface area contributed by atoms with Crippen molar-refractivity contribution in [1.82, 2.24) is 4.90 Å². The van der Waals surface area contributed by atoms with Crippen LogP contribution in [0, 0.1) is 0 Å². The number of benzene rings is 1. The van der Waals surface area contributed by atoms with Gasteiger partial charge in [0.2, 0.25) is 0 Å². The van der Waals surface area contributed by atoms with Crippen molar-refractivity contribution in [3.63, 3.8) is 0 Å². The molecule has 2 N–H and O–H groups in total. The predicted molar refractivity (Wildman–Crippen MR) is 79.1 cm³/mol. The van der Waals surface area contributed by atoms with E-state index in [9.17, 15) is 4.79 Å². The molecule has 1 unspecified atom stereocenters. The Hall–Kier alpha value is -1.39. The fraction of sp³-hybridized carbons (Fsp3) is 0.562. The van der Waals surface area contributed by atoms with E-state index in [1.165, 1.54) is 5.56 Å². The van der Waals surface area contributed by atoms with Crippen LogP contribution in [0.15, 0.2) is 30.3 Å². The zero-order valence-electron chi connectivity index (χ0n) is 12.2. The van der Waals surface area contributed by atoms with Crippen molar-refractivity contribution in [2.45, 2.75) is 38.3 Å². The van der Waals surface area contributed by atoms with Gasteiger partial charge in [0.25, 0.3) is 0 Å². The number of carbonyl (C=O) groups is 1. The highest BCUT2D eigenvalue weighted by atomic mass is 16.5. The summed E-state index contributed by atoms with van der Waals surface area (Å²) < 4.78 is 5.03. The molecule has 0 aromatic heterocycles. The minimum atomic E-state index is -0.445. The van der Waals surface area contributed by atoms with Crippen LogP contribution in [-0.4, -0.2) is 36.1 Å². The van der Waals surface area contributed by atoms with Gasteiger partial charge in [-0.25, -0.2) is 0 Å². The molecule has 1 fully saturated rings. The van der Waals surface area contributed by atoms with Crippen molar-refractivity contribution >= 4 is 5.97 Å². The van der Waals surface area contributed by atoms with Gasteiger partial charge in [0.05, 0.1) is 13.0 Å². The summed E-state index contributed by atoms with van der Waals surface area (Å²) >= 11 is 0. The Labute approximate surface area is 120 Å². The number of esters is 1. The minimum Gasteiger partial charge on any atom is -0.466 e. The molecule has 1 aliphatic heterocycles. The van der Waals surface area contributed by atoms with Gasteiger partial charge in [-0.15, -0.1) is 0 Å². The first-order valence-corrected chi connectivity index (χ1v) is 7.32. The largest absolute Gasteiger partial charge is 0.466 e. The Morgan fingerprint density at radius 3 is 2.85 bits per heavy atom. The van der Waals surface area contributed by atoms with E-state index in [4.69, 9.17) is 10.5 Å². The predicted octanol–water partition coefficient (Wildman–Crippen LogP) is 1.93. The van der Waals surface area contributed by atoms with Gasteiger partial charge in [0, 0.05) is 18.6 Å². The Morgan fingerprint density at radius 2 is 2.15 bits per heavy atom. The summed E-state index contributed by atoms with van der Waals surface area (Å²) in [6, 6.07) is 10.4. The van der Waals surface area contributed by atoms with E-state index in [1.54, 1.807) is 0 Å². The normalized spacial score (nSPS) is 23.5. The van der Waals surface area contributed by atoms with E-state index in [0.717, 1.165) is 32.5 Å². The highest BCUT2D eigenvalue weighted by Gasteiger charge is 2.34. The summed E-state index contributed by atoms with van der Waals surface area (Å²) in [5, 5.41) is 0. The lowest BCUT2D eigenvalue weighted by Crippen LogP contribution is -2.55. The molecule has 0 bridgehead atoms. The smallest absolute Gasteiger partial charge is 0.307 e. The maximum atomic E-state index is 11.7. The van der Waals surface area contributed by atoms with Crippen LogP contribution in [0.3, 0.4) is 0 Å². The first-order valence-electron chi connectivity index (χ1n) is 7.32. The van der Waals surface area contributed by atoms with Gasteiger partial charge in [-0.3, -0.25) is 9.69 Å². The highest BCUT2D eigenvalue weighted by molar-refractivity contribution is 5.71. The van der Waals surface area contributed by atoms with Gasteiger partial charge in [0.15, 0.2) is 0 Å². The fourth-order valence-corrected chi connectivity index (χ4v) is 2.88. The lowest BCUT2D eigenvalue weighted by Gasteiger charge is -2.39. The molecule has 0 saturated carbocycles. The number of nitrogens with two attached hydrogens (primary N) is 1. The molecule has 110 valence electrons. The topological polar surface area (TPSA) is 55.6 Å². The van der Waals surface area contributed by atoms with E-state index < -0.39 is 5.54 Å². The van der Waals surface area contributed by atoms with Crippen LogP contribution < -0.4 is 5.73 Å². The van der Waals surface area contributed by atoms with Crippen molar-refractivity contribution in [3.05, 3.63) is 35.9 Å². The molecule has 1 aromatic carbocycles. The van der Waals surface area contributed by atoms with Crippen LogP contribution >= 0.6 is 0 Å². The molecule has 1 aromatic rings. The van der Waals surface area contributed by atoms with Crippen molar-refractivity contribution in [2.24, 2.45) is 5.73 Å². The summed E-state index contributed by atoms with van der Waals surface area (Å²) in [6.07, 6.45) is 2.23. The van der Waals surface area contributed by atoms with Gasteiger partial charge < -0.3 is 10.5 Å².